The fraction of sp³-hybridized carbons (Fsp3) is 0.278. The Morgan fingerprint density at radius 1 is 1.17 bits per heavy atom. The van der Waals surface area contributed by atoms with E-state index in [9.17, 15) is 13.6 Å². The van der Waals surface area contributed by atoms with Crippen LogP contribution in [0.15, 0.2) is 47.4 Å². The molecule has 1 atom stereocenters. The number of nitrogens with one attached hydrogen (secondary N) is 1. The number of methoxy groups -OCH3 is 1. The largest absolute Gasteiger partial charge is 0.497 e. The van der Waals surface area contributed by atoms with Crippen molar-refractivity contribution in [1.29, 1.82) is 0 Å². The van der Waals surface area contributed by atoms with Crippen LogP contribution in [-0.4, -0.2) is 18.8 Å². The van der Waals surface area contributed by atoms with Gasteiger partial charge >= 0.3 is 0 Å². The molecule has 2 rings (SSSR count). The van der Waals surface area contributed by atoms with Gasteiger partial charge < -0.3 is 10.1 Å². The maximum Gasteiger partial charge on any atom is 0.221 e. The number of thioether (sulfide) groups is 1. The van der Waals surface area contributed by atoms with E-state index in [4.69, 9.17) is 4.74 Å². The van der Waals surface area contributed by atoms with Crippen LogP contribution in [0.1, 0.15) is 24.9 Å². The highest BCUT2D eigenvalue weighted by Gasteiger charge is 2.12. The van der Waals surface area contributed by atoms with Crippen LogP contribution in [-0.2, 0) is 4.79 Å². The normalized spacial score (nSPS) is 11.8. The van der Waals surface area contributed by atoms with Crippen molar-refractivity contribution in [2.24, 2.45) is 0 Å². The van der Waals surface area contributed by atoms with Gasteiger partial charge in [-0.05, 0) is 48.9 Å². The fourth-order valence-electron chi connectivity index (χ4n) is 2.11. The Morgan fingerprint density at radius 3 is 2.50 bits per heavy atom. The van der Waals surface area contributed by atoms with Crippen LogP contribution in [0.3, 0.4) is 0 Å². The van der Waals surface area contributed by atoms with Crippen molar-refractivity contribution < 1.29 is 18.3 Å². The molecule has 0 radical (unpaired) electrons. The first-order chi connectivity index (χ1) is 11.5. The number of hydrogen-bond donors (Lipinski definition) is 1. The van der Waals surface area contributed by atoms with Crippen molar-refractivity contribution in [3.63, 3.8) is 0 Å². The number of hydrogen-bond acceptors (Lipinski definition) is 3. The molecule has 1 amide bonds. The van der Waals surface area contributed by atoms with Crippen molar-refractivity contribution >= 4 is 17.7 Å². The quantitative estimate of drug-likeness (QED) is 0.755. The molecular weight excluding hydrogens is 332 g/mol. The first-order valence-electron chi connectivity index (χ1n) is 7.50. The third kappa shape index (κ3) is 5.23. The zero-order valence-electron chi connectivity index (χ0n) is 13.5. The first-order valence-corrected chi connectivity index (χ1v) is 8.49. The predicted octanol–water partition coefficient (Wildman–Crippen LogP) is 4.33. The highest BCUT2D eigenvalue weighted by Crippen LogP contribution is 2.22. The van der Waals surface area contributed by atoms with E-state index in [0.29, 0.717) is 17.7 Å². The molecule has 6 heteroatoms. The molecule has 2 aromatic carbocycles. The van der Waals surface area contributed by atoms with Gasteiger partial charge in [0.15, 0.2) is 11.6 Å². The average Bonchev–Trinajstić information content (AvgIpc) is 2.58. The number of carbonyl (C=O) groups excluding carboxylic acids is 1. The van der Waals surface area contributed by atoms with Gasteiger partial charge in [-0.1, -0.05) is 6.07 Å². The third-order valence-electron chi connectivity index (χ3n) is 3.48. The molecule has 3 nitrogen and oxygen atoms in total. The minimum atomic E-state index is -0.913. The highest BCUT2D eigenvalue weighted by atomic mass is 32.2. The average molecular weight is 351 g/mol. The number of benzene rings is 2. The van der Waals surface area contributed by atoms with E-state index >= 15 is 0 Å². The van der Waals surface area contributed by atoms with Gasteiger partial charge in [0, 0.05) is 17.1 Å². The molecule has 0 bridgehead atoms. The van der Waals surface area contributed by atoms with Crippen LogP contribution >= 0.6 is 11.8 Å². The predicted molar refractivity (Wildman–Crippen MR) is 91.3 cm³/mol. The molecule has 0 spiro atoms. The van der Waals surface area contributed by atoms with Gasteiger partial charge in [0.25, 0.3) is 0 Å². The summed E-state index contributed by atoms with van der Waals surface area (Å²) in [5, 5.41) is 2.79. The molecule has 24 heavy (non-hydrogen) atoms. The summed E-state index contributed by atoms with van der Waals surface area (Å²) in [7, 11) is 1.61. The van der Waals surface area contributed by atoms with Gasteiger partial charge in [-0.25, -0.2) is 8.78 Å². The van der Waals surface area contributed by atoms with Crippen molar-refractivity contribution in [3.8, 4) is 5.75 Å². The van der Waals surface area contributed by atoms with Crippen LogP contribution in [0.25, 0.3) is 0 Å². The molecule has 2 aromatic rings. The zero-order chi connectivity index (χ0) is 17.5. The summed E-state index contributed by atoms with van der Waals surface area (Å²) < 4.78 is 31.2. The fourth-order valence-corrected chi connectivity index (χ4v) is 2.96. The van der Waals surface area contributed by atoms with E-state index in [1.807, 2.05) is 24.3 Å². The molecule has 0 saturated carbocycles. The van der Waals surface area contributed by atoms with Crippen molar-refractivity contribution in [3.05, 3.63) is 59.7 Å². The van der Waals surface area contributed by atoms with Gasteiger partial charge in [-0.3, -0.25) is 4.79 Å². The smallest absolute Gasteiger partial charge is 0.221 e. The number of ether oxygens (including phenoxy) is 1. The second kappa shape index (κ2) is 8.68. The Morgan fingerprint density at radius 2 is 1.88 bits per heavy atom. The monoisotopic (exact) mass is 351 g/mol. The Balaban J connectivity index is 1.78. The van der Waals surface area contributed by atoms with Crippen molar-refractivity contribution in [2.45, 2.75) is 24.3 Å². The van der Waals surface area contributed by atoms with Gasteiger partial charge in [-0.15, -0.1) is 11.8 Å². The summed E-state index contributed by atoms with van der Waals surface area (Å²) in [6.45, 7) is 1.74. The molecule has 0 saturated heterocycles. The van der Waals surface area contributed by atoms with Gasteiger partial charge in [0.2, 0.25) is 5.91 Å². The van der Waals surface area contributed by atoms with Crippen LogP contribution < -0.4 is 10.1 Å². The second-order valence-electron chi connectivity index (χ2n) is 5.24. The minimum Gasteiger partial charge on any atom is -0.497 e. The lowest BCUT2D eigenvalue weighted by Crippen LogP contribution is -2.26. The van der Waals surface area contributed by atoms with Crippen molar-refractivity contribution in [1.82, 2.24) is 5.32 Å². The lowest BCUT2D eigenvalue weighted by Gasteiger charge is -2.14. The SMILES string of the molecule is COc1ccc(SCCC(=O)NC(C)c2ccc(F)c(F)c2)cc1. The summed E-state index contributed by atoms with van der Waals surface area (Å²) in [4.78, 5) is 13.0. The summed E-state index contributed by atoms with van der Waals surface area (Å²) in [5.74, 6) is -0.523. The third-order valence-corrected chi connectivity index (χ3v) is 4.49. The van der Waals surface area contributed by atoms with E-state index in [1.165, 1.54) is 6.07 Å². The van der Waals surface area contributed by atoms with Gasteiger partial charge in [-0.2, -0.15) is 0 Å². The topological polar surface area (TPSA) is 38.3 Å². The lowest BCUT2D eigenvalue weighted by molar-refractivity contribution is -0.121. The Bertz CT molecular complexity index is 692. The Kier molecular flexibility index (Phi) is 6.61. The standard InChI is InChI=1S/C18H19F2NO2S/c1-12(13-3-8-16(19)17(20)11-13)21-18(22)9-10-24-15-6-4-14(23-2)5-7-15/h3-8,11-12H,9-10H2,1-2H3,(H,21,22). The molecule has 0 aliphatic rings. The molecule has 0 fully saturated rings. The Hall–Kier alpha value is -2.08. The van der Waals surface area contributed by atoms with Crippen LogP contribution in [0, 0.1) is 11.6 Å². The van der Waals surface area contributed by atoms with Crippen LogP contribution in [0.5, 0.6) is 5.75 Å². The maximum absolute atomic E-state index is 13.2. The lowest BCUT2D eigenvalue weighted by atomic mass is 10.1. The molecule has 0 aromatic heterocycles. The van der Waals surface area contributed by atoms with Crippen molar-refractivity contribution in [2.75, 3.05) is 12.9 Å². The second-order valence-corrected chi connectivity index (χ2v) is 6.41. The molecule has 1 N–H and O–H groups in total. The molecular formula is C18H19F2NO2S. The van der Waals surface area contributed by atoms with E-state index < -0.39 is 11.6 Å². The van der Waals surface area contributed by atoms with E-state index in [1.54, 1.807) is 25.8 Å². The number of amides is 1. The molecule has 1 unspecified atom stereocenters. The van der Waals surface area contributed by atoms with E-state index in [-0.39, 0.29) is 11.9 Å². The van der Waals surface area contributed by atoms with Crippen LogP contribution in [0.4, 0.5) is 8.78 Å². The summed E-state index contributed by atoms with van der Waals surface area (Å²) in [6, 6.07) is 10.9. The summed E-state index contributed by atoms with van der Waals surface area (Å²) >= 11 is 1.57. The molecule has 128 valence electrons. The molecule has 0 heterocycles. The highest BCUT2D eigenvalue weighted by molar-refractivity contribution is 7.99. The number of halogens is 2. The molecule has 0 aliphatic carbocycles. The summed E-state index contributed by atoms with van der Waals surface area (Å²) in [5.41, 5.74) is 0.532. The number of carbonyl (C=O) groups is 1. The van der Waals surface area contributed by atoms with E-state index in [0.717, 1.165) is 22.8 Å². The Labute approximate surface area is 144 Å². The van der Waals surface area contributed by atoms with Gasteiger partial charge in [0.1, 0.15) is 5.75 Å². The minimum absolute atomic E-state index is 0.131. The van der Waals surface area contributed by atoms with Crippen LogP contribution in [0.2, 0.25) is 0 Å². The van der Waals surface area contributed by atoms with E-state index in [2.05, 4.69) is 5.32 Å². The zero-order valence-corrected chi connectivity index (χ0v) is 14.3. The first kappa shape index (κ1) is 18.3. The van der Waals surface area contributed by atoms with Gasteiger partial charge in [0.05, 0.1) is 13.2 Å². The molecule has 0 aliphatic heterocycles. The summed E-state index contributed by atoms with van der Waals surface area (Å²) in [6.07, 6.45) is 0.338. The number of rotatable bonds is 7. The maximum atomic E-state index is 13.2.